The molecule has 6 atom stereocenters. The molecule has 2 aromatic heterocycles. The summed E-state index contributed by atoms with van der Waals surface area (Å²) in [5, 5.41) is 40.6. The SMILES string of the molecule is C[C@@H](C[C@H]1CCN(c2nn[nH]n2)C1)c1cccc2ccccc12.C[C@@H](C[C@H]1CCN(c2nnn(C(c3ccccc3)(c3ccccc3)c3ccccc3)n2)C1)c1cccc2ccccc12.C[C@@H](C[C@H]1CCNC1)c1cccc2ccccc12.Cl. The van der Waals surface area contributed by atoms with Gasteiger partial charge in [0.15, 0.2) is 5.54 Å². The number of anilines is 2. The second kappa shape index (κ2) is 27.0. The first-order chi connectivity index (χ1) is 40.9. The molecule has 14 rings (SSSR count). The van der Waals surface area contributed by atoms with Gasteiger partial charge in [0.25, 0.3) is 11.9 Å². The summed E-state index contributed by atoms with van der Waals surface area (Å²) < 4.78 is 0. The minimum absolute atomic E-state index is 0. The van der Waals surface area contributed by atoms with E-state index in [4.69, 9.17) is 10.3 Å². The molecule has 11 aromatic rings. The largest absolute Gasteiger partial charge is 0.338 e. The van der Waals surface area contributed by atoms with Crippen molar-refractivity contribution in [2.45, 2.75) is 82.6 Å². The summed E-state index contributed by atoms with van der Waals surface area (Å²) >= 11 is 0. The van der Waals surface area contributed by atoms with Crippen molar-refractivity contribution in [3.63, 3.8) is 0 Å². The molecule has 11 nitrogen and oxygen atoms in total. The highest BCUT2D eigenvalue weighted by Crippen LogP contribution is 2.41. The maximum Gasteiger partial charge on any atom is 0.266 e. The third-order valence-corrected chi connectivity index (χ3v) is 18.0. The fraction of sp³-hybridized carbons (Fsp3) is 0.306. The van der Waals surface area contributed by atoms with Crippen LogP contribution in [0.15, 0.2) is 218 Å². The van der Waals surface area contributed by atoms with Crippen LogP contribution in [0.1, 0.15) is 110 Å². The van der Waals surface area contributed by atoms with Crippen LogP contribution in [0, 0.1) is 17.8 Å². The minimum Gasteiger partial charge on any atom is -0.338 e. The summed E-state index contributed by atoms with van der Waals surface area (Å²) in [5.41, 5.74) is 6.94. The number of aromatic amines is 1. The van der Waals surface area contributed by atoms with Crippen molar-refractivity contribution < 1.29 is 0 Å². The second-order valence-corrected chi connectivity index (χ2v) is 23.6. The molecule has 9 aromatic carbocycles. The van der Waals surface area contributed by atoms with Crippen molar-refractivity contribution in [2.75, 3.05) is 49.1 Å². The number of nitrogens with zero attached hydrogens (tertiary/aromatic N) is 9. The summed E-state index contributed by atoms with van der Waals surface area (Å²) in [4.78, 5) is 6.37. The first-order valence-corrected chi connectivity index (χ1v) is 30.2. The number of hydrogen-bond acceptors (Lipinski definition) is 9. The number of nitrogens with one attached hydrogen (secondary N) is 2. The Kier molecular flexibility index (Phi) is 18.5. The fourth-order valence-corrected chi connectivity index (χ4v) is 13.9. The van der Waals surface area contributed by atoms with E-state index in [9.17, 15) is 0 Å². The predicted octanol–water partition coefficient (Wildman–Crippen LogP) is 15.4. The molecule has 0 aliphatic carbocycles. The Balaban J connectivity index is 0.000000147. The van der Waals surface area contributed by atoms with Gasteiger partial charge in [-0.15, -0.1) is 27.4 Å². The van der Waals surface area contributed by atoms with Gasteiger partial charge in [-0.05, 0) is 163 Å². The van der Waals surface area contributed by atoms with Crippen molar-refractivity contribution in [3.8, 4) is 0 Å². The van der Waals surface area contributed by atoms with Gasteiger partial charge in [0.1, 0.15) is 0 Å². The number of hydrogen-bond donors (Lipinski definition) is 2. The fourth-order valence-electron chi connectivity index (χ4n) is 13.9. The van der Waals surface area contributed by atoms with E-state index in [0.717, 1.165) is 67.6 Å². The van der Waals surface area contributed by atoms with Crippen molar-refractivity contribution in [3.05, 3.63) is 252 Å². The molecule has 0 amide bonds. The topological polar surface area (TPSA) is 117 Å². The van der Waals surface area contributed by atoms with Gasteiger partial charge in [-0.3, -0.25) is 0 Å². The minimum atomic E-state index is -0.753. The van der Waals surface area contributed by atoms with E-state index in [0.29, 0.717) is 35.5 Å². The van der Waals surface area contributed by atoms with Crippen molar-refractivity contribution in [1.29, 1.82) is 0 Å². The molecular formula is C72H78ClN11. The van der Waals surface area contributed by atoms with E-state index in [1.807, 2.05) is 23.0 Å². The lowest BCUT2D eigenvalue weighted by molar-refractivity contribution is 0.395. The summed E-state index contributed by atoms with van der Waals surface area (Å²) in [5.74, 6) is 5.23. The van der Waals surface area contributed by atoms with E-state index in [2.05, 4.69) is 262 Å². The molecular weight excluding hydrogens is 1050 g/mol. The summed E-state index contributed by atoms with van der Waals surface area (Å²) in [7, 11) is 0. The maximum absolute atomic E-state index is 5.13. The van der Waals surface area contributed by atoms with Gasteiger partial charge in [-0.2, -0.15) is 5.21 Å². The Morgan fingerprint density at radius 2 is 0.857 bits per heavy atom. The molecule has 0 spiro atoms. The monoisotopic (exact) mass is 1130 g/mol. The zero-order valence-electron chi connectivity index (χ0n) is 48.7. The molecule has 3 aliphatic rings. The van der Waals surface area contributed by atoms with E-state index >= 15 is 0 Å². The van der Waals surface area contributed by atoms with Gasteiger partial charge in [0, 0.05) is 26.2 Å². The standard InChI is InChI=1S/C37H35N5.C18H21N5.C17H21N.ClH/c1-28(34-23-13-15-30-14-11-12-22-35(30)34)26-29-24-25-41(27-29)36-38-40-42(39-36)37(31-16-5-2-6-17-31,32-18-7-3-8-19-32)33-20-9-4-10-21-33;1-13(16-8-4-6-15-5-2-3-7-17(15)16)11-14-9-10-23(12-14)18-19-21-22-20-18;1-13(11-14-9-10-18-12-14)16-8-4-6-15-5-2-3-7-17(15)16;/h2-23,28-29H,24-27H2,1H3;2-8,13-14H,9-12H2,1H3,(H,19,20,21,22);2-8,13-14,18H,9-12H2,1H3;1H/t28-,29+;2*13-,14+;/m000./s1. The number of tetrazole rings is 2. The first kappa shape index (κ1) is 57.6. The lowest BCUT2D eigenvalue weighted by Crippen LogP contribution is -2.39. The molecule has 428 valence electrons. The molecule has 2 N–H and O–H groups in total. The number of rotatable bonds is 15. The van der Waals surface area contributed by atoms with E-state index < -0.39 is 5.54 Å². The van der Waals surface area contributed by atoms with Crippen LogP contribution in [0.3, 0.4) is 0 Å². The summed E-state index contributed by atoms with van der Waals surface area (Å²) in [6, 6.07) is 77.7. The highest BCUT2D eigenvalue weighted by atomic mass is 35.5. The van der Waals surface area contributed by atoms with E-state index in [1.54, 1.807) is 0 Å². The summed E-state index contributed by atoms with van der Waals surface area (Å²) in [6.45, 7) is 13.4. The number of benzene rings is 9. The number of aromatic nitrogens is 8. The van der Waals surface area contributed by atoms with Gasteiger partial charge in [-0.1, -0.05) is 249 Å². The van der Waals surface area contributed by atoms with Crippen LogP contribution in [0.25, 0.3) is 32.3 Å². The predicted molar refractivity (Wildman–Crippen MR) is 346 cm³/mol. The van der Waals surface area contributed by atoms with Gasteiger partial charge in [-0.25, -0.2) is 0 Å². The molecule has 3 fully saturated rings. The van der Waals surface area contributed by atoms with Crippen LogP contribution in [-0.4, -0.2) is 80.1 Å². The normalized spacial score (nSPS) is 17.9. The lowest BCUT2D eigenvalue weighted by atomic mass is 9.77. The Morgan fingerprint density at radius 3 is 1.27 bits per heavy atom. The van der Waals surface area contributed by atoms with Gasteiger partial charge < -0.3 is 15.1 Å². The second-order valence-electron chi connectivity index (χ2n) is 23.6. The van der Waals surface area contributed by atoms with Crippen LogP contribution in [0.4, 0.5) is 11.9 Å². The van der Waals surface area contributed by atoms with Crippen LogP contribution >= 0.6 is 12.4 Å². The summed E-state index contributed by atoms with van der Waals surface area (Å²) in [6.07, 6.45) is 7.31. The average molecular weight is 1130 g/mol. The van der Waals surface area contributed by atoms with Gasteiger partial charge >= 0.3 is 0 Å². The zero-order valence-corrected chi connectivity index (χ0v) is 49.5. The van der Waals surface area contributed by atoms with Crippen molar-refractivity contribution in [2.24, 2.45) is 17.8 Å². The number of fused-ring (bicyclic) bond motifs is 3. The molecule has 0 saturated carbocycles. The smallest absolute Gasteiger partial charge is 0.266 e. The van der Waals surface area contributed by atoms with Gasteiger partial charge in [0.2, 0.25) is 0 Å². The van der Waals surface area contributed by atoms with Crippen LogP contribution in [0.5, 0.6) is 0 Å². The molecule has 0 unspecified atom stereocenters. The Morgan fingerprint density at radius 1 is 0.452 bits per heavy atom. The lowest BCUT2D eigenvalue weighted by Gasteiger charge is -2.34. The molecule has 5 heterocycles. The quantitative estimate of drug-likeness (QED) is 0.0968. The van der Waals surface area contributed by atoms with Crippen molar-refractivity contribution in [1.82, 2.24) is 46.1 Å². The molecule has 0 radical (unpaired) electrons. The molecule has 0 bridgehead atoms. The highest BCUT2D eigenvalue weighted by molar-refractivity contribution is 5.88. The molecule has 3 aliphatic heterocycles. The Labute approximate surface area is 501 Å². The van der Waals surface area contributed by atoms with Crippen LogP contribution in [0.2, 0.25) is 0 Å². The molecule has 12 heteroatoms. The molecule has 3 saturated heterocycles. The van der Waals surface area contributed by atoms with Gasteiger partial charge in [0.05, 0.1) is 0 Å². The highest BCUT2D eigenvalue weighted by Gasteiger charge is 2.42. The van der Waals surface area contributed by atoms with Crippen LogP contribution in [-0.2, 0) is 5.54 Å². The number of H-pyrrole nitrogens is 1. The van der Waals surface area contributed by atoms with Crippen molar-refractivity contribution >= 4 is 56.6 Å². The average Bonchev–Trinajstić information content (AvgIpc) is 2.51. The van der Waals surface area contributed by atoms with E-state index in [1.165, 1.54) is 87.8 Å². The van der Waals surface area contributed by atoms with Crippen LogP contribution < -0.4 is 15.1 Å². The third-order valence-electron chi connectivity index (χ3n) is 18.0. The zero-order chi connectivity index (χ0) is 56.4. The molecule has 84 heavy (non-hydrogen) atoms. The first-order valence-electron chi connectivity index (χ1n) is 30.2. The number of halogens is 1. The Bertz CT molecular complexity index is 3700. The van der Waals surface area contributed by atoms with E-state index in [-0.39, 0.29) is 12.4 Å². The Hall–Kier alpha value is -8.25. The maximum atomic E-state index is 5.13. The third kappa shape index (κ3) is 12.6.